The Morgan fingerprint density at radius 1 is 1.20 bits per heavy atom. The van der Waals surface area contributed by atoms with Gasteiger partial charge in [-0.1, -0.05) is 24.3 Å². The van der Waals surface area contributed by atoms with Gasteiger partial charge in [-0.05, 0) is 11.1 Å². The van der Waals surface area contributed by atoms with E-state index in [1.165, 1.54) is 11.1 Å². The van der Waals surface area contributed by atoms with Crippen molar-refractivity contribution in [2.24, 2.45) is 0 Å². The summed E-state index contributed by atoms with van der Waals surface area (Å²) in [5.74, 6) is 0. The maximum atomic E-state index is 4.26. The summed E-state index contributed by atoms with van der Waals surface area (Å²) in [4.78, 5) is 0. The minimum Gasteiger partial charge on any atom is -0.236 e. The van der Waals surface area contributed by atoms with E-state index >= 15 is 0 Å². The molecule has 0 amide bonds. The third-order valence-corrected chi connectivity index (χ3v) is 1.78. The smallest absolute Gasteiger partial charge is 0.0387 e. The van der Waals surface area contributed by atoms with Gasteiger partial charge in [-0.2, -0.15) is 0 Å². The molecule has 0 saturated heterocycles. The Bertz CT molecular complexity index is 205. The van der Waals surface area contributed by atoms with Gasteiger partial charge in [-0.3, -0.25) is 0 Å². The molecule has 1 heteroatoms. The van der Waals surface area contributed by atoms with Crippen LogP contribution in [0.1, 0.15) is 11.1 Å². The molecule has 1 aliphatic rings. The molecule has 0 aromatic heterocycles. The standard InChI is InChI=1S/C9H9N/c1-2-4-9-7-10-6-5-8(9)3-1/h1-5H,6-7H2. The molecule has 1 aromatic rings. The lowest BCUT2D eigenvalue weighted by atomic mass is 10.0. The molecular weight excluding hydrogens is 122 g/mol. The van der Waals surface area contributed by atoms with Crippen LogP contribution in [0.15, 0.2) is 24.3 Å². The van der Waals surface area contributed by atoms with E-state index in [9.17, 15) is 0 Å². The molecule has 0 spiro atoms. The molecule has 2 rings (SSSR count). The van der Waals surface area contributed by atoms with Gasteiger partial charge in [0.05, 0.1) is 0 Å². The molecule has 10 heavy (non-hydrogen) atoms. The van der Waals surface area contributed by atoms with Crippen molar-refractivity contribution in [3.63, 3.8) is 0 Å². The Balaban J connectivity index is 2.41. The van der Waals surface area contributed by atoms with Crippen LogP contribution in [-0.4, -0.2) is 6.54 Å². The van der Waals surface area contributed by atoms with Gasteiger partial charge in [-0.25, -0.2) is 5.32 Å². The number of nitrogens with zero attached hydrogens (tertiary/aromatic N) is 1. The molecule has 1 aromatic carbocycles. The van der Waals surface area contributed by atoms with Gasteiger partial charge in [0.2, 0.25) is 0 Å². The fraction of sp³-hybridized carbons (Fsp3) is 0.222. The third-order valence-electron chi connectivity index (χ3n) is 1.78. The van der Waals surface area contributed by atoms with Crippen LogP contribution >= 0.6 is 0 Å². The SMILES string of the molecule is [CH]1C[N]Cc2ccccc21. The average Bonchev–Trinajstić information content (AvgIpc) is 2.05. The van der Waals surface area contributed by atoms with E-state index in [1.54, 1.807) is 0 Å². The van der Waals surface area contributed by atoms with Crippen LogP contribution in [0.4, 0.5) is 0 Å². The summed E-state index contributed by atoms with van der Waals surface area (Å²) in [5.41, 5.74) is 2.71. The summed E-state index contributed by atoms with van der Waals surface area (Å²) in [5, 5.41) is 4.26. The highest BCUT2D eigenvalue weighted by molar-refractivity contribution is 5.34. The molecule has 0 aliphatic carbocycles. The fourth-order valence-electron chi connectivity index (χ4n) is 1.23. The minimum absolute atomic E-state index is 0.886. The molecule has 0 N–H and O–H groups in total. The van der Waals surface area contributed by atoms with Crippen molar-refractivity contribution < 1.29 is 0 Å². The monoisotopic (exact) mass is 131 g/mol. The molecule has 50 valence electrons. The zero-order valence-electron chi connectivity index (χ0n) is 5.75. The predicted octanol–water partition coefficient (Wildman–Crippen LogP) is 1.36. The molecule has 0 unspecified atom stereocenters. The summed E-state index contributed by atoms with van der Waals surface area (Å²) >= 11 is 0. The lowest BCUT2D eigenvalue weighted by molar-refractivity contribution is 0.694. The molecule has 0 bridgehead atoms. The van der Waals surface area contributed by atoms with E-state index in [0.717, 1.165) is 13.1 Å². The van der Waals surface area contributed by atoms with Crippen molar-refractivity contribution in [1.29, 1.82) is 0 Å². The van der Waals surface area contributed by atoms with Crippen LogP contribution in [0.2, 0.25) is 0 Å². The molecule has 1 aliphatic heterocycles. The Morgan fingerprint density at radius 3 is 3.00 bits per heavy atom. The maximum absolute atomic E-state index is 4.26. The van der Waals surface area contributed by atoms with Gasteiger partial charge < -0.3 is 0 Å². The second kappa shape index (κ2) is 2.43. The van der Waals surface area contributed by atoms with E-state index < -0.39 is 0 Å². The van der Waals surface area contributed by atoms with Gasteiger partial charge in [0.1, 0.15) is 0 Å². The second-order valence-corrected chi connectivity index (χ2v) is 2.47. The first-order chi connectivity index (χ1) is 4.97. The van der Waals surface area contributed by atoms with Gasteiger partial charge in [-0.15, -0.1) is 0 Å². The molecular formula is C9H9N. The van der Waals surface area contributed by atoms with Crippen molar-refractivity contribution in [1.82, 2.24) is 5.32 Å². The van der Waals surface area contributed by atoms with Crippen molar-refractivity contribution >= 4 is 0 Å². The zero-order chi connectivity index (χ0) is 6.81. The summed E-state index contributed by atoms with van der Waals surface area (Å²) in [6, 6.07) is 8.41. The van der Waals surface area contributed by atoms with Crippen LogP contribution in [0.5, 0.6) is 0 Å². The van der Waals surface area contributed by atoms with Crippen LogP contribution < -0.4 is 5.32 Å². The van der Waals surface area contributed by atoms with Crippen molar-refractivity contribution in [2.45, 2.75) is 6.54 Å². The summed E-state index contributed by atoms with van der Waals surface area (Å²) in [6.45, 7) is 1.78. The normalized spacial score (nSPS) is 16.4. The lowest BCUT2D eigenvalue weighted by Crippen LogP contribution is -2.15. The molecule has 1 heterocycles. The van der Waals surface area contributed by atoms with E-state index in [-0.39, 0.29) is 0 Å². The summed E-state index contributed by atoms with van der Waals surface area (Å²) in [7, 11) is 0. The maximum Gasteiger partial charge on any atom is 0.0387 e. The Morgan fingerprint density at radius 2 is 2.10 bits per heavy atom. The fourth-order valence-corrected chi connectivity index (χ4v) is 1.23. The summed E-state index contributed by atoms with van der Waals surface area (Å²) < 4.78 is 0. The third kappa shape index (κ3) is 0.929. The first-order valence-corrected chi connectivity index (χ1v) is 3.51. The predicted molar refractivity (Wildman–Crippen MR) is 40.5 cm³/mol. The van der Waals surface area contributed by atoms with Gasteiger partial charge >= 0.3 is 0 Å². The summed E-state index contributed by atoms with van der Waals surface area (Å²) in [6.07, 6.45) is 2.17. The van der Waals surface area contributed by atoms with E-state index in [4.69, 9.17) is 0 Å². The van der Waals surface area contributed by atoms with E-state index in [0.29, 0.717) is 0 Å². The molecule has 0 saturated carbocycles. The zero-order valence-corrected chi connectivity index (χ0v) is 5.75. The van der Waals surface area contributed by atoms with Crippen LogP contribution in [-0.2, 0) is 6.54 Å². The first-order valence-electron chi connectivity index (χ1n) is 3.51. The van der Waals surface area contributed by atoms with Crippen LogP contribution in [0, 0.1) is 6.42 Å². The van der Waals surface area contributed by atoms with Crippen molar-refractivity contribution in [2.75, 3.05) is 6.54 Å². The largest absolute Gasteiger partial charge is 0.236 e. The quantitative estimate of drug-likeness (QED) is 0.504. The number of benzene rings is 1. The Hall–Kier alpha value is -0.820. The highest BCUT2D eigenvalue weighted by atomic mass is 14.9. The molecule has 2 radical (unpaired) electrons. The molecule has 0 atom stereocenters. The van der Waals surface area contributed by atoms with E-state index in [1.807, 2.05) is 0 Å². The van der Waals surface area contributed by atoms with Gasteiger partial charge in [0.25, 0.3) is 0 Å². The first kappa shape index (κ1) is 5.93. The highest BCUT2D eigenvalue weighted by Crippen LogP contribution is 2.14. The van der Waals surface area contributed by atoms with Crippen LogP contribution in [0.3, 0.4) is 0 Å². The number of hydrogen-bond donors (Lipinski definition) is 0. The number of fused-ring (bicyclic) bond motifs is 1. The molecule has 0 fully saturated rings. The van der Waals surface area contributed by atoms with Gasteiger partial charge in [0.15, 0.2) is 0 Å². The van der Waals surface area contributed by atoms with Gasteiger partial charge in [0, 0.05) is 19.5 Å². The van der Waals surface area contributed by atoms with Crippen molar-refractivity contribution in [3.05, 3.63) is 41.8 Å². The second-order valence-electron chi connectivity index (χ2n) is 2.47. The lowest BCUT2D eigenvalue weighted by Gasteiger charge is -2.13. The Kier molecular flexibility index (Phi) is 1.44. The average molecular weight is 131 g/mol. The topological polar surface area (TPSA) is 14.1 Å². The molecule has 1 nitrogen and oxygen atoms in total. The van der Waals surface area contributed by atoms with Crippen molar-refractivity contribution in [3.8, 4) is 0 Å². The Labute approximate surface area is 61.1 Å². The number of rotatable bonds is 0. The van der Waals surface area contributed by atoms with E-state index in [2.05, 4.69) is 36.0 Å². The highest BCUT2D eigenvalue weighted by Gasteiger charge is 2.06. The minimum atomic E-state index is 0.886. The van der Waals surface area contributed by atoms with Crippen LogP contribution in [0.25, 0.3) is 0 Å². The number of hydrogen-bond acceptors (Lipinski definition) is 0.